The molecule has 24 heavy (non-hydrogen) atoms. The lowest BCUT2D eigenvalue weighted by atomic mass is 10.1. The molecular weight excluding hydrogens is 348 g/mol. The van der Waals surface area contributed by atoms with Gasteiger partial charge in [0.15, 0.2) is 0 Å². The lowest BCUT2D eigenvalue weighted by molar-refractivity contribution is -0.121. The van der Waals surface area contributed by atoms with Crippen LogP contribution in [-0.4, -0.2) is 36.7 Å². The van der Waals surface area contributed by atoms with Crippen molar-refractivity contribution < 1.29 is 13.2 Å². The maximum absolute atomic E-state index is 12.7. The summed E-state index contributed by atoms with van der Waals surface area (Å²) in [6, 6.07) is 2.65. The zero-order valence-electron chi connectivity index (χ0n) is 13.8. The second-order valence-electron chi connectivity index (χ2n) is 5.90. The summed E-state index contributed by atoms with van der Waals surface area (Å²) in [5.41, 5.74) is 0. The number of nitrogens with one attached hydrogen (secondary N) is 1. The third-order valence-corrected chi connectivity index (χ3v) is 6.79. The van der Waals surface area contributed by atoms with E-state index in [1.165, 1.54) is 11.3 Å². The molecule has 1 fully saturated rings. The molecule has 1 N–H and O–H groups in total. The van der Waals surface area contributed by atoms with E-state index in [-0.39, 0.29) is 10.8 Å². The Morgan fingerprint density at radius 3 is 2.71 bits per heavy atom. The first-order valence-corrected chi connectivity index (χ1v) is 9.98. The third-order valence-electron chi connectivity index (χ3n) is 4.09. The van der Waals surface area contributed by atoms with Gasteiger partial charge in [0, 0.05) is 29.4 Å². The Morgan fingerprint density at radius 2 is 2.12 bits per heavy atom. The van der Waals surface area contributed by atoms with Crippen molar-refractivity contribution in [2.75, 3.05) is 11.4 Å². The van der Waals surface area contributed by atoms with Crippen LogP contribution >= 0.6 is 11.3 Å². The van der Waals surface area contributed by atoms with Crippen molar-refractivity contribution in [3.8, 4) is 0 Å². The monoisotopic (exact) mass is 368 g/mol. The Hall–Kier alpha value is -1.71. The topological polar surface area (TPSA) is 84.3 Å². The summed E-state index contributed by atoms with van der Waals surface area (Å²) < 4.78 is 29.5. The molecule has 0 radical (unpaired) electrons. The maximum atomic E-state index is 12.7. The lowest BCUT2D eigenvalue weighted by Crippen LogP contribution is -2.52. The number of hydrogen-bond donors (Lipinski definition) is 1. The van der Waals surface area contributed by atoms with E-state index >= 15 is 0 Å². The molecular formula is C15H20N4O3S2. The number of amides is 1. The van der Waals surface area contributed by atoms with E-state index in [9.17, 15) is 13.2 Å². The summed E-state index contributed by atoms with van der Waals surface area (Å²) in [5.74, 6) is 0.435. The molecule has 130 valence electrons. The number of anilines is 1. The average Bonchev–Trinajstić information content (AvgIpc) is 3.07. The molecule has 1 saturated heterocycles. The van der Waals surface area contributed by atoms with Crippen LogP contribution in [0.4, 0.5) is 5.82 Å². The molecule has 2 aromatic heterocycles. The molecule has 0 aromatic carbocycles. The lowest BCUT2D eigenvalue weighted by Gasteiger charge is -2.32. The Bertz CT molecular complexity index is 869. The van der Waals surface area contributed by atoms with Gasteiger partial charge in [-0.3, -0.25) is 14.4 Å². The zero-order valence-corrected chi connectivity index (χ0v) is 15.4. The van der Waals surface area contributed by atoms with E-state index in [1.54, 1.807) is 41.9 Å². The minimum absolute atomic E-state index is 0.238. The molecule has 7 nitrogen and oxygen atoms in total. The van der Waals surface area contributed by atoms with Gasteiger partial charge in [-0.05, 0) is 32.8 Å². The van der Waals surface area contributed by atoms with Crippen LogP contribution in [0, 0.1) is 13.8 Å². The molecule has 2 aromatic rings. The molecule has 3 rings (SSSR count). The molecule has 1 amide bonds. The van der Waals surface area contributed by atoms with Gasteiger partial charge >= 0.3 is 0 Å². The van der Waals surface area contributed by atoms with E-state index in [0.717, 1.165) is 16.2 Å². The molecule has 0 aliphatic carbocycles. The summed E-state index contributed by atoms with van der Waals surface area (Å²) >= 11 is 1.43. The molecule has 9 heteroatoms. The fraction of sp³-hybridized carbons (Fsp3) is 0.467. The van der Waals surface area contributed by atoms with Crippen LogP contribution in [-0.2, 0) is 21.9 Å². The number of aromatic nitrogens is 2. The number of rotatable bonds is 4. The standard InChI is InChI=1S/C15H20N4O3S2/c1-10-9-13(11(2)23-10)24(21,22)17-12-5-4-8-19(15(12)20)14-6-7-16-18(14)3/h6-7,9,12,17H,4-5,8H2,1-3H3. The maximum Gasteiger partial charge on any atom is 0.246 e. The fourth-order valence-electron chi connectivity index (χ4n) is 2.97. The van der Waals surface area contributed by atoms with Gasteiger partial charge in [-0.2, -0.15) is 9.82 Å². The second kappa shape index (κ2) is 6.30. The van der Waals surface area contributed by atoms with Gasteiger partial charge < -0.3 is 0 Å². The quantitative estimate of drug-likeness (QED) is 0.888. The minimum Gasteiger partial charge on any atom is -0.296 e. The summed E-state index contributed by atoms with van der Waals surface area (Å²) in [6.07, 6.45) is 2.84. The Morgan fingerprint density at radius 1 is 1.38 bits per heavy atom. The predicted octanol–water partition coefficient (Wildman–Crippen LogP) is 1.57. The molecule has 0 bridgehead atoms. The summed E-state index contributed by atoms with van der Waals surface area (Å²) in [6.45, 7) is 4.20. The van der Waals surface area contributed by atoms with Gasteiger partial charge in [0.25, 0.3) is 0 Å². The van der Waals surface area contributed by atoms with Gasteiger partial charge in [0.05, 0.1) is 11.1 Å². The molecule has 0 spiro atoms. The smallest absolute Gasteiger partial charge is 0.246 e. The Labute approximate surface area is 145 Å². The normalized spacial score (nSPS) is 19.0. The second-order valence-corrected chi connectivity index (χ2v) is 9.04. The summed E-state index contributed by atoms with van der Waals surface area (Å²) in [7, 11) is -1.96. The summed E-state index contributed by atoms with van der Waals surface area (Å²) in [5, 5.41) is 4.07. The van der Waals surface area contributed by atoms with Crippen molar-refractivity contribution >= 4 is 33.1 Å². The first-order valence-electron chi connectivity index (χ1n) is 7.68. The van der Waals surface area contributed by atoms with E-state index in [4.69, 9.17) is 0 Å². The van der Waals surface area contributed by atoms with Gasteiger partial charge in [-0.1, -0.05) is 0 Å². The third kappa shape index (κ3) is 3.11. The largest absolute Gasteiger partial charge is 0.296 e. The van der Waals surface area contributed by atoms with Crippen molar-refractivity contribution in [3.63, 3.8) is 0 Å². The van der Waals surface area contributed by atoms with E-state index in [0.29, 0.717) is 18.8 Å². The number of nitrogens with zero attached hydrogens (tertiary/aromatic N) is 3. The van der Waals surface area contributed by atoms with Crippen LogP contribution in [0.2, 0.25) is 0 Å². The number of sulfonamides is 1. The Balaban J connectivity index is 1.83. The molecule has 1 aliphatic heterocycles. The van der Waals surface area contributed by atoms with Gasteiger partial charge in [0.1, 0.15) is 11.9 Å². The first kappa shape index (κ1) is 17.1. The molecule has 3 heterocycles. The van der Waals surface area contributed by atoms with Gasteiger partial charge in [0.2, 0.25) is 15.9 Å². The van der Waals surface area contributed by atoms with E-state index in [2.05, 4.69) is 9.82 Å². The van der Waals surface area contributed by atoms with Gasteiger partial charge in [-0.15, -0.1) is 11.3 Å². The number of carbonyl (C=O) groups is 1. The zero-order chi connectivity index (χ0) is 17.5. The van der Waals surface area contributed by atoms with Crippen LogP contribution in [0.3, 0.4) is 0 Å². The highest BCUT2D eigenvalue weighted by Crippen LogP contribution is 2.26. The van der Waals surface area contributed by atoms with Crippen LogP contribution in [0.25, 0.3) is 0 Å². The van der Waals surface area contributed by atoms with Crippen molar-refractivity contribution in [1.29, 1.82) is 0 Å². The van der Waals surface area contributed by atoms with Crippen molar-refractivity contribution in [2.24, 2.45) is 7.05 Å². The predicted molar refractivity (Wildman–Crippen MR) is 92.7 cm³/mol. The van der Waals surface area contributed by atoms with Crippen LogP contribution in [0.5, 0.6) is 0 Å². The highest BCUT2D eigenvalue weighted by atomic mass is 32.2. The van der Waals surface area contributed by atoms with Crippen molar-refractivity contribution in [1.82, 2.24) is 14.5 Å². The first-order chi connectivity index (χ1) is 11.3. The van der Waals surface area contributed by atoms with Crippen LogP contribution in [0.1, 0.15) is 22.6 Å². The van der Waals surface area contributed by atoms with Crippen LogP contribution < -0.4 is 9.62 Å². The Kier molecular flexibility index (Phi) is 4.50. The summed E-state index contributed by atoms with van der Waals surface area (Å²) in [4.78, 5) is 16.2. The molecule has 1 aliphatic rings. The highest BCUT2D eigenvalue weighted by molar-refractivity contribution is 7.89. The number of hydrogen-bond acceptors (Lipinski definition) is 5. The molecule has 1 atom stereocenters. The number of piperidine rings is 1. The molecule has 0 saturated carbocycles. The highest BCUT2D eigenvalue weighted by Gasteiger charge is 2.34. The number of aryl methyl sites for hydroxylation is 3. The molecule has 1 unspecified atom stereocenters. The van der Waals surface area contributed by atoms with Crippen molar-refractivity contribution in [2.45, 2.75) is 37.6 Å². The van der Waals surface area contributed by atoms with Gasteiger partial charge in [-0.25, -0.2) is 8.42 Å². The van der Waals surface area contributed by atoms with E-state index in [1.807, 2.05) is 6.92 Å². The van der Waals surface area contributed by atoms with Crippen molar-refractivity contribution in [3.05, 3.63) is 28.1 Å². The van der Waals surface area contributed by atoms with Crippen LogP contribution in [0.15, 0.2) is 23.2 Å². The SMILES string of the molecule is Cc1cc(S(=O)(=O)NC2CCCN(c3ccnn3C)C2=O)c(C)s1. The number of thiophene rings is 1. The van der Waals surface area contributed by atoms with E-state index < -0.39 is 16.1 Å². The fourth-order valence-corrected chi connectivity index (χ4v) is 5.75. The average molecular weight is 368 g/mol. The number of carbonyl (C=O) groups excluding carboxylic acids is 1. The minimum atomic E-state index is -3.71.